The summed E-state index contributed by atoms with van der Waals surface area (Å²) in [5.74, 6) is -0.254. The third kappa shape index (κ3) is 5.78. The van der Waals surface area contributed by atoms with Crippen LogP contribution in [0.25, 0.3) is 0 Å². The van der Waals surface area contributed by atoms with E-state index in [1.54, 1.807) is 0 Å². The molecule has 0 atom stereocenters. The van der Waals surface area contributed by atoms with E-state index in [1.807, 2.05) is 42.5 Å². The molecule has 0 aliphatic carbocycles. The summed E-state index contributed by atoms with van der Waals surface area (Å²) in [4.78, 5) is 12.4. The average Bonchev–Trinajstić information content (AvgIpc) is 2.55. The molecular formula is C22H27ClN2OS. The first-order valence-corrected chi connectivity index (χ1v) is 9.69. The summed E-state index contributed by atoms with van der Waals surface area (Å²) in [6, 6.07) is 13.3. The highest BCUT2D eigenvalue weighted by molar-refractivity contribution is 7.80. The van der Waals surface area contributed by atoms with E-state index in [2.05, 4.69) is 52.2 Å². The fourth-order valence-electron chi connectivity index (χ4n) is 2.54. The van der Waals surface area contributed by atoms with Crippen molar-refractivity contribution in [1.29, 1.82) is 0 Å². The molecule has 0 fully saturated rings. The Kier molecular flexibility index (Phi) is 6.33. The van der Waals surface area contributed by atoms with Gasteiger partial charge in [-0.15, -0.1) is 0 Å². The number of thiocarbonyl (C=S) groups is 1. The molecule has 1 amide bonds. The van der Waals surface area contributed by atoms with Gasteiger partial charge in [0.25, 0.3) is 5.91 Å². The van der Waals surface area contributed by atoms with Crippen molar-refractivity contribution in [1.82, 2.24) is 5.32 Å². The van der Waals surface area contributed by atoms with Crippen LogP contribution in [0.5, 0.6) is 0 Å². The van der Waals surface area contributed by atoms with Gasteiger partial charge < -0.3 is 5.32 Å². The summed E-state index contributed by atoms with van der Waals surface area (Å²) in [6.45, 7) is 12.8. The maximum absolute atomic E-state index is 12.4. The first-order chi connectivity index (χ1) is 12.4. The summed E-state index contributed by atoms with van der Waals surface area (Å²) in [5.41, 5.74) is 3.56. The van der Waals surface area contributed by atoms with Gasteiger partial charge >= 0.3 is 0 Å². The van der Waals surface area contributed by atoms with Gasteiger partial charge in [0.1, 0.15) is 0 Å². The van der Waals surface area contributed by atoms with Crippen LogP contribution in [-0.4, -0.2) is 11.0 Å². The minimum atomic E-state index is -0.254. The van der Waals surface area contributed by atoms with E-state index in [-0.39, 0.29) is 21.8 Å². The Bertz CT molecular complexity index is 846. The molecule has 2 aromatic carbocycles. The minimum absolute atomic E-state index is 0.0132. The van der Waals surface area contributed by atoms with Crippen LogP contribution in [-0.2, 0) is 10.8 Å². The molecule has 0 bridgehead atoms. The number of amides is 1. The molecule has 0 spiro atoms. The SMILES string of the molecule is CC(C)(C)c1ccc(C(=O)NC(=S)Nc2cc(C(C)(C)C)ccc2Cl)cc1. The van der Waals surface area contributed by atoms with E-state index in [1.165, 1.54) is 5.56 Å². The number of nitrogens with one attached hydrogen (secondary N) is 2. The van der Waals surface area contributed by atoms with E-state index in [0.29, 0.717) is 16.3 Å². The summed E-state index contributed by atoms with van der Waals surface area (Å²) in [5, 5.41) is 6.50. The summed E-state index contributed by atoms with van der Waals surface area (Å²) < 4.78 is 0. The van der Waals surface area contributed by atoms with E-state index in [9.17, 15) is 4.79 Å². The highest BCUT2D eigenvalue weighted by Crippen LogP contribution is 2.29. The van der Waals surface area contributed by atoms with Crippen LogP contribution in [0, 0.1) is 0 Å². The van der Waals surface area contributed by atoms with Gasteiger partial charge in [-0.25, -0.2) is 0 Å². The molecule has 0 aliphatic heterocycles. The number of hydrogen-bond acceptors (Lipinski definition) is 2. The Hall–Kier alpha value is -1.91. The van der Waals surface area contributed by atoms with E-state index in [0.717, 1.165) is 5.56 Å². The average molecular weight is 403 g/mol. The van der Waals surface area contributed by atoms with Crippen LogP contribution in [0.4, 0.5) is 5.69 Å². The lowest BCUT2D eigenvalue weighted by atomic mass is 9.87. The second-order valence-electron chi connectivity index (χ2n) is 8.68. The van der Waals surface area contributed by atoms with Crippen molar-refractivity contribution in [2.45, 2.75) is 52.4 Å². The van der Waals surface area contributed by atoms with Crippen molar-refractivity contribution in [3.63, 3.8) is 0 Å². The first kappa shape index (κ1) is 21.4. The van der Waals surface area contributed by atoms with Crippen LogP contribution in [0.2, 0.25) is 5.02 Å². The third-order valence-corrected chi connectivity index (χ3v) is 4.85. The van der Waals surface area contributed by atoms with Gasteiger partial charge in [0.15, 0.2) is 5.11 Å². The number of hydrogen-bond donors (Lipinski definition) is 2. The number of anilines is 1. The zero-order valence-corrected chi connectivity index (χ0v) is 18.3. The van der Waals surface area contributed by atoms with Gasteiger partial charge in [-0.1, -0.05) is 71.3 Å². The second-order valence-corrected chi connectivity index (χ2v) is 9.50. The molecule has 0 aromatic heterocycles. The highest BCUT2D eigenvalue weighted by atomic mass is 35.5. The van der Waals surface area contributed by atoms with Crippen molar-refractivity contribution >= 4 is 40.5 Å². The lowest BCUT2D eigenvalue weighted by molar-refractivity contribution is 0.0977. The molecule has 2 aromatic rings. The fourth-order valence-corrected chi connectivity index (χ4v) is 2.91. The molecule has 0 saturated carbocycles. The molecule has 144 valence electrons. The zero-order valence-electron chi connectivity index (χ0n) is 16.7. The predicted molar refractivity (Wildman–Crippen MR) is 119 cm³/mol. The normalized spacial score (nSPS) is 11.8. The molecule has 27 heavy (non-hydrogen) atoms. The predicted octanol–water partition coefficient (Wildman–Crippen LogP) is 6.06. The largest absolute Gasteiger partial charge is 0.331 e. The molecule has 0 aliphatic rings. The Morgan fingerprint density at radius 2 is 1.41 bits per heavy atom. The molecule has 0 radical (unpaired) electrons. The number of rotatable bonds is 2. The molecule has 0 heterocycles. The standard InChI is InChI=1S/C22H27ClN2OS/c1-21(2,3)15-9-7-14(8-10-15)19(26)25-20(27)24-18-13-16(22(4,5)6)11-12-17(18)23/h7-13H,1-6H3,(H2,24,25,26,27). The van der Waals surface area contributed by atoms with Crippen LogP contribution in [0.3, 0.4) is 0 Å². The van der Waals surface area contributed by atoms with Crippen molar-refractivity contribution in [2.24, 2.45) is 0 Å². The van der Waals surface area contributed by atoms with E-state index in [4.69, 9.17) is 23.8 Å². The Morgan fingerprint density at radius 3 is 1.93 bits per heavy atom. The molecule has 0 saturated heterocycles. The van der Waals surface area contributed by atoms with E-state index < -0.39 is 0 Å². The Morgan fingerprint density at radius 1 is 0.889 bits per heavy atom. The summed E-state index contributed by atoms with van der Waals surface area (Å²) in [7, 11) is 0. The highest BCUT2D eigenvalue weighted by Gasteiger charge is 2.17. The summed E-state index contributed by atoms with van der Waals surface area (Å²) >= 11 is 11.6. The molecule has 3 nitrogen and oxygen atoms in total. The van der Waals surface area contributed by atoms with Crippen molar-refractivity contribution < 1.29 is 4.79 Å². The lowest BCUT2D eigenvalue weighted by Crippen LogP contribution is -2.34. The number of carbonyl (C=O) groups is 1. The van der Waals surface area contributed by atoms with Crippen LogP contribution in [0.1, 0.15) is 63.0 Å². The Balaban J connectivity index is 2.08. The van der Waals surface area contributed by atoms with Crippen molar-refractivity contribution in [3.05, 3.63) is 64.2 Å². The lowest BCUT2D eigenvalue weighted by Gasteiger charge is -2.21. The molecule has 2 rings (SSSR count). The smallest absolute Gasteiger partial charge is 0.257 e. The Labute approximate surface area is 172 Å². The van der Waals surface area contributed by atoms with Crippen LogP contribution < -0.4 is 10.6 Å². The number of halogens is 1. The van der Waals surface area contributed by atoms with Gasteiger partial charge in [-0.3, -0.25) is 10.1 Å². The monoisotopic (exact) mass is 402 g/mol. The van der Waals surface area contributed by atoms with Gasteiger partial charge in [0.05, 0.1) is 10.7 Å². The number of carbonyl (C=O) groups excluding carboxylic acids is 1. The van der Waals surface area contributed by atoms with E-state index >= 15 is 0 Å². The van der Waals surface area contributed by atoms with Crippen LogP contribution >= 0.6 is 23.8 Å². The van der Waals surface area contributed by atoms with Crippen molar-refractivity contribution in [3.8, 4) is 0 Å². The molecule has 0 unspecified atom stereocenters. The van der Waals surface area contributed by atoms with Crippen LogP contribution in [0.15, 0.2) is 42.5 Å². The first-order valence-electron chi connectivity index (χ1n) is 8.91. The van der Waals surface area contributed by atoms with Crippen molar-refractivity contribution in [2.75, 3.05) is 5.32 Å². The second kappa shape index (κ2) is 7.99. The molecule has 5 heteroatoms. The topological polar surface area (TPSA) is 41.1 Å². The summed E-state index contributed by atoms with van der Waals surface area (Å²) in [6.07, 6.45) is 0. The number of benzene rings is 2. The fraction of sp³-hybridized carbons (Fsp3) is 0.364. The van der Waals surface area contributed by atoms with Gasteiger partial charge in [-0.2, -0.15) is 0 Å². The maximum atomic E-state index is 12.4. The van der Waals surface area contributed by atoms with Gasteiger partial charge in [-0.05, 0) is 58.4 Å². The third-order valence-electron chi connectivity index (χ3n) is 4.32. The minimum Gasteiger partial charge on any atom is -0.331 e. The molecular weight excluding hydrogens is 376 g/mol. The van der Waals surface area contributed by atoms with Gasteiger partial charge in [0, 0.05) is 5.56 Å². The maximum Gasteiger partial charge on any atom is 0.257 e. The quantitative estimate of drug-likeness (QED) is 0.599. The molecule has 2 N–H and O–H groups in total. The van der Waals surface area contributed by atoms with Gasteiger partial charge in [0.2, 0.25) is 0 Å². The zero-order chi connectivity index (χ0) is 20.4.